The number of carbonyl (C=O) groups excluding carboxylic acids is 1. The zero-order valence-corrected chi connectivity index (χ0v) is 16.3. The summed E-state index contributed by atoms with van der Waals surface area (Å²) < 4.78 is 1.60. The molecule has 1 atom stereocenters. The summed E-state index contributed by atoms with van der Waals surface area (Å²) in [6.07, 6.45) is 4.72. The SMILES string of the molecule is O=C(CCc1ccccc1-n1cnnn1)NC(Cc1ccccc1)c1cccnn1. The van der Waals surface area contributed by atoms with Gasteiger partial charge in [0.2, 0.25) is 5.91 Å². The van der Waals surface area contributed by atoms with Crippen LogP contribution in [0, 0.1) is 0 Å². The Morgan fingerprint density at radius 2 is 1.80 bits per heavy atom. The van der Waals surface area contributed by atoms with Crippen LogP contribution in [0.25, 0.3) is 5.69 Å². The Kier molecular flexibility index (Phi) is 6.14. The molecule has 2 heterocycles. The van der Waals surface area contributed by atoms with Crippen LogP contribution in [0.1, 0.15) is 29.3 Å². The third-order valence-electron chi connectivity index (χ3n) is 4.78. The van der Waals surface area contributed by atoms with Gasteiger partial charge in [-0.25, -0.2) is 4.68 Å². The van der Waals surface area contributed by atoms with Gasteiger partial charge in [-0.2, -0.15) is 10.2 Å². The van der Waals surface area contributed by atoms with Gasteiger partial charge in [0.25, 0.3) is 0 Å². The highest BCUT2D eigenvalue weighted by Gasteiger charge is 2.17. The maximum absolute atomic E-state index is 12.8. The van der Waals surface area contributed by atoms with Gasteiger partial charge in [0.05, 0.1) is 17.4 Å². The molecule has 0 saturated heterocycles. The summed E-state index contributed by atoms with van der Waals surface area (Å²) >= 11 is 0. The molecule has 2 aromatic heterocycles. The van der Waals surface area contributed by atoms with Gasteiger partial charge in [-0.3, -0.25) is 4.79 Å². The lowest BCUT2D eigenvalue weighted by atomic mass is 10.0. The molecule has 2 aromatic carbocycles. The number of rotatable bonds is 8. The summed E-state index contributed by atoms with van der Waals surface area (Å²) in [6.45, 7) is 0. The first-order chi connectivity index (χ1) is 14.8. The first-order valence-electron chi connectivity index (χ1n) is 9.72. The number of aryl methyl sites for hydroxylation is 1. The first kappa shape index (κ1) is 19.4. The van der Waals surface area contributed by atoms with E-state index >= 15 is 0 Å². The fraction of sp³-hybridized carbons (Fsp3) is 0.182. The summed E-state index contributed by atoms with van der Waals surface area (Å²) in [7, 11) is 0. The van der Waals surface area contributed by atoms with E-state index < -0.39 is 0 Å². The van der Waals surface area contributed by atoms with Crippen molar-refractivity contribution >= 4 is 5.91 Å². The van der Waals surface area contributed by atoms with Crippen molar-refractivity contribution in [2.24, 2.45) is 0 Å². The van der Waals surface area contributed by atoms with Gasteiger partial charge in [-0.1, -0.05) is 48.5 Å². The van der Waals surface area contributed by atoms with E-state index in [4.69, 9.17) is 0 Å². The van der Waals surface area contributed by atoms with Crippen LogP contribution in [-0.4, -0.2) is 36.3 Å². The van der Waals surface area contributed by atoms with Crippen molar-refractivity contribution in [1.29, 1.82) is 0 Å². The molecule has 4 aromatic rings. The summed E-state index contributed by atoms with van der Waals surface area (Å²) in [6, 6.07) is 21.3. The van der Waals surface area contributed by atoms with E-state index in [2.05, 4.69) is 31.0 Å². The molecule has 8 nitrogen and oxygen atoms in total. The lowest BCUT2D eigenvalue weighted by Crippen LogP contribution is -2.31. The van der Waals surface area contributed by atoms with Crippen molar-refractivity contribution in [3.63, 3.8) is 0 Å². The van der Waals surface area contributed by atoms with Crippen molar-refractivity contribution in [1.82, 2.24) is 35.7 Å². The molecule has 0 aliphatic rings. The molecule has 0 bridgehead atoms. The number of hydrogen-bond acceptors (Lipinski definition) is 6. The number of para-hydroxylation sites is 1. The Morgan fingerprint density at radius 3 is 2.57 bits per heavy atom. The van der Waals surface area contributed by atoms with E-state index in [1.54, 1.807) is 17.2 Å². The maximum Gasteiger partial charge on any atom is 0.220 e. The predicted octanol–water partition coefficient (Wildman–Crippen LogP) is 2.49. The van der Waals surface area contributed by atoms with Crippen LogP contribution in [0.5, 0.6) is 0 Å². The fourth-order valence-corrected chi connectivity index (χ4v) is 3.31. The zero-order chi connectivity index (χ0) is 20.6. The smallest absolute Gasteiger partial charge is 0.220 e. The van der Waals surface area contributed by atoms with Crippen molar-refractivity contribution in [2.45, 2.75) is 25.3 Å². The summed E-state index contributed by atoms with van der Waals surface area (Å²) in [5.74, 6) is -0.0481. The molecule has 30 heavy (non-hydrogen) atoms. The second-order valence-corrected chi connectivity index (χ2v) is 6.84. The minimum absolute atomic E-state index is 0.0481. The summed E-state index contributed by atoms with van der Waals surface area (Å²) in [5.41, 5.74) is 3.73. The van der Waals surface area contributed by atoms with E-state index in [1.807, 2.05) is 66.7 Å². The Hall–Kier alpha value is -3.94. The topological polar surface area (TPSA) is 98.5 Å². The number of carbonyl (C=O) groups is 1. The summed E-state index contributed by atoms with van der Waals surface area (Å²) in [4.78, 5) is 12.8. The molecule has 0 aliphatic heterocycles. The van der Waals surface area contributed by atoms with Gasteiger partial charge in [0.1, 0.15) is 6.33 Å². The van der Waals surface area contributed by atoms with Crippen LogP contribution in [0.4, 0.5) is 0 Å². The van der Waals surface area contributed by atoms with Gasteiger partial charge in [0, 0.05) is 12.6 Å². The Bertz CT molecular complexity index is 1070. The third kappa shape index (κ3) is 4.91. The molecule has 4 rings (SSSR count). The molecule has 0 aliphatic carbocycles. The van der Waals surface area contributed by atoms with Crippen LogP contribution in [-0.2, 0) is 17.6 Å². The number of nitrogens with one attached hydrogen (secondary N) is 1. The predicted molar refractivity (Wildman–Crippen MR) is 111 cm³/mol. The van der Waals surface area contributed by atoms with Gasteiger partial charge >= 0.3 is 0 Å². The molecule has 1 amide bonds. The minimum Gasteiger partial charge on any atom is -0.347 e. The number of benzene rings is 2. The van der Waals surface area contributed by atoms with Crippen molar-refractivity contribution in [3.8, 4) is 5.69 Å². The lowest BCUT2D eigenvalue weighted by molar-refractivity contribution is -0.121. The largest absolute Gasteiger partial charge is 0.347 e. The normalized spacial score (nSPS) is 11.7. The Labute approximate surface area is 174 Å². The van der Waals surface area contributed by atoms with E-state index in [1.165, 1.54) is 0 Å². The zero-order valence-electron chi connectivity index (χ0n) is 16.3. The Morgan fingerprint density at radius 1 is 0.967 bits per heavy atom. The number of nitrogens with zero attached hydrogens (tertiary/aromatic N) is 6. The van der Waals surface area contributed by atoms with Crippen molar-refractivity contribution < 1.29 is 4.79 Å². The molecule has 150 valence electrons. The average molecular weight is 399 g/mol. The van der Waals surface area contributed by atoms with Gasteiger partial charge in [0.15, 0.2) is 0 Å². The number of aromatic nitrogens is 6. The molecule has 8 heteroatoms. The van der Waals surface area contributed by atoms with Gasteiger partial charge in [-0.15, -0.1) is 5.10 Å². The van der Waals surface area contributed by atoms with E-state index in [0.29, 0.717) is 19.3 Å². The van der Waals surface area contributed by atoms with Gasteiger partial charge in [-0.05, 0) is 52.6 Å². The molecule has 0 radical (unpaired) electrons. The fourth-order valence-electron chi connectivity index (χ4n) is 3.31. The Balaban J connectivity index is 1.45. The second kappa shape index (κ2) is 9.51. The highest BCUT2D eigenvalue weighted by molar-refractivity contribution is 5.76. The molecular weight excluding hydrogens is 378 g/mol. The first-order valence-corrected chi connectivity index (χ1v) is 9.72. The van der Waals surface area contributed by atoms with E-state index in [0.717, 1.165) is 22.5 Å². The van der Waals surface area contributed by atoms with Crippen LogP contribution in [0.3, 0.4) is 0 Å². The average Bonchev–Trinajstić information content (AvgIpc) is 3.34. The minimum atomic E-state index is -0.247. The maximum atomic E-state index is 12.8. The highest BCUT2D eigenvalue weighted by atomic mass is 16.1. The third-order valence-corrected chi connectivity index (χ3v) is 4.78. The molecule has 0 spiro atoms. The van der Waals surface area contributed by atoms with E-state index in [9.17, 15) is 4.79 Å². The van der Waals surface area contributed by atoms with Crippen molar-refractivity contribution in [3.05, 3.63) is 96.1 Å². The molecular formula is C22H21N7O. The molecule has 1 unspecified atom stereocenters. The second-order valence-electron chi connectivity index (χ2n) is 6.84. The van der Waals surface area contributed by atoms with Crippen LogP contribution < -0.4 is 5.32 Å². The highest BCUT2D eigenvalue weighted by Crippen LogP contribution is 2.18. The number of hydrogen-bond donors (Lipinski definition) is 1. The quantitative estimate of drug-likeness (QED) is 0.489. The number of amides is 1. The standard InChI is InChI=1S/C22H21N7O/c30-22(13-12-18-9-4-5-11-21(18)29-16-24-27-28-29)25-20(19-10-6-14-23-26-19)15-17-7-2-1-3-8-17/h1-11,14,16,20H,12-13,15H2,(H,25,30). The summed E-state index contributed by atoms with van der Waals surface area (Å²) in [5, 5.41) is 22.6. The van der Waals surface area contributed by atoms with Crippen molar-refractivity contribution in [2.75, 3.05) is 0 Å². The molecule has 1 N–H and O–H groups in total. The van der Waals surface area contributed by atoms with Crippen LogP contribution >= 0.6 is 0 Å². The molecule has 0 saturated carbocycles. The van der Waals surface area contributed by atoms with Crippen LogP contribution in [0.2, 0.25) is 0 Å². The van der Waals surface area contributed by atoms with Crippen LogP contribution in [0.15, 0.2) is 79.3 Å². The molecule has 0 fully saturated rings. The lowest BCUT2D eigenvalue weighted by Gasteiger charge is -2.18. The monoisotopic (exact) mass is 399 g/mol. The van der Waals surface area contributed by atoms with Gasteiger partial charge < -0.3 is 5.32 Å². The number of tetrazole rings is 1. The van der Waals surface area contributed by atoms with E-state index in [-0.39, 0.29) is 11.9 Å².